The van der Waals surface area contributed by atoms with Crippen LogP contribution in [0.1, 0.15) is 23.8 Å². The molecule has 0 radical (unpaired) electrons. The van der Waals surface area contributed by atoms with E-state index in [0.717, 1.165) is 6.42 Å². The Morgan fingerprint density at radius 1 is 1.85 bits per heavy atom. The van der Waals surface area contributed by atoms with Crippen molar-refractivity contribution in [2.45, 2.75) is 19.4 Å². The molecule has 1 aromatic heterocycles. The lowest BCUT2D eigenvalue weighted by Crippen LogP contribution is -2.26. The molecule has 0 spiro atoms. The van der Waals surface area contributed by atoms with Gasteiger partial charge in [0.25, 0.3) is 5.91 Å². The van der Waals surface area contributed by atoms with Crippen LogP contribution in [0.2, 0.25) is 0 Å². The topological polar surface area (TPSA) is 68.0 Å². The average molecular weight is 197 g/mol. The largest absolute Gasteiger partial charge is 0.375 e. The molecular formula is C8H11N3OS. The van der Waals surface area contributed by atoms with Crippen LogP contribution in [0.3, 0.4) is 0 Å². The maximum atomic E-state index is 11.4. The van der Waals surface area contributed by atoms with Gasteiger partial charge in [-0.2, -0.15) is 0 Å². The molecule has 1 aromatic rings. The van der Waals surface area contributed by atoms with E-state index in [0.29, 0.717) is 22.8 Å². The second-order valence-electron chi connectivity index (χ2n) is 3.36. The molecule has 5 heteroatoms. The number of nitrogen functional groups attached to an aromatic ring is 1. The Morgan fingerprint density at radius 2 is 2.54 bits per heavy atom. The SMILES string of the molecule is CC1CC1NC(=O)c1csc(N)n1. The molecule has 0 aromatic carbocycles. The monoisotopic (exact) mass is 197 g/mol. The van der Waals surface area contributed by atoms with Crippen molar-refractivity contribution >= 4 is 22.4 Å². The Balaban J connectivity index is 1.97. The first-order valence-electron chi connectivity index (χ1n) is 4.18. The molecule has 1 fully saturated rings. The van der Waals surface area contributed by atoms with Crippen molar-refractivity contribution in [1.82, 2.24) is 10.3 Å². The second-order valence-corrected chi connectivity index (χ2v) is 4.25. The van der Waals surface area contributed by atoms with E-state index in [4.69, 9.17) is 5.73 Å². The summed E-state index contributed by atoms with van der Waals surface area (Å²) in [5.41, 5.74) is 5.85. The molecule has 2 rings (SSSR count). The van der Waals surface area contributed by atoms with Gasteiger partial charge in [-0.05, 0) is 12.3 Å². The van der Waals surface area contributed by atoms with Crippen LogP contribution < -0.4 is 11.1 Å². The maximum absolute atomic E-state index is 11.4. The highest BCUT2D eigenvalue weighted by Crippen LogP contribution is 2.29. The minimum atomic E-state index is -0.109. The van der Waals surface area contributed by atoms with Gasteiger partial charge in [0.15, 0.2) is 5.13 Å². The van der Waals surface area contributed by atoms with E-state index in [2.05, 4.69) is 17.2 Å². The summed E-state index contributed by atoms with van der Waals surface area (Å²) >= 11 is 1.29. The van der Waals surface area contributed by atoms with E-state index in [1.54, 1.807) is 5.38 Å². The number of rotatable bonds is 2. The van der Waals surface area contributed by atoms with Gasteiger partial charge in [-0.15, -0.1) is 11.3 Å². The van der Waals surface area contributed by atoms with Crippen molar-refractivity contribution in [2.24, 2.45) is 5.92 Å². The van der Waals surface area contributed by atoms with Gasteiger partial charge >= 0.3 is 0 Å². The minimum absolute atomic E-state index is 0.109. The van der Waals surface area contributed by atoms with Crippen molar-refractivity contribution < 1.29 is 4.79 Å². The number of hydrogen-bond donors (Lipinski definition) is 2. The van der Waals surface area contributed by atoms with E-state index in [1.165, 1.54) is 11.3 Å². The first kappa shape index (κ1) is 8.50. The summed E-state index contributed by atoms with van der Waals surface area (Å²) in [6, 6.07) is 0.343. The van der Waals surface area contributed by atoms with E-state index >= 15 is 0 Å². The molecule has 1 heterocycles. The molecule has 13 heavy (non-hydrogen) atoms. The zero-order valence-corrected chi connectivity index (χ0v) is 8.10. The van der Waals surface area contributed by atoms with Gasteiger partial charge < -0.3 is 11.1 Å². The highest BCUT2D eigenvalue weighted by Gasteiger charge is 2.34. The molecule has 1 aliphatic rings. The Hall–Kier alpha value is -1.10. The summed E-state index contributed by atoms with van der Waals surface area (Å²) in [6.45, 7) is 2.11. The van der Waals surface area contributed by atoms with Gasteiger partial charge in [0, 0.05) is 11.4 Å². The summed E-state index contributed by atoms with van der Waals surface area (Å²) in [7, 11) is 0. The number of nitrogens with zero attached hydrogens (tertiary/aromatic N) is 1. The number of anilines is 1. The lowest BCUT2D eigenvalue weighted by molar-refractivity contribution is 0.0945. The fourth-order valence-corrected chi connectivity index (χ4v) is 1.70. The summed E-state index contributed by atoms with van der Waals surface area (Å²) in [6.07, 6.45) is 1.07. The smallest absolute Gasteiger partial charge is 0.271 e. The predicted molar refractivity (Wildman–Crippen MR) is 51.6 cm³/mol. The zero-order valence-electron chi connectivity index (χ0n) is 7.28. The van der Waals surface area contributed by atoms with Crippen LogP contribution in [-0.2, 0) is 0 Å². The van der Waals surface area contributed by atoms with Crippen LogP contribution in [0.15, 0.2) is 5.38 Å². The molecule has 1 saturated carbocycles. The number of thiazole rings is 1. The summed E-state index contributed by atoms with van der Waals surface area (Å²) in [5.74, 6) is 0.502. The van der Waals surface area contributed by atoms with E-state index in [-0.39, 0.29) is 5.91 Å². The Labute approximate surface area is 80.2 Å². The third-order valence-corrected chi connectivity index (χ3v) is 2.85. The predicted octanol–water partition coefficient (Wildman–Crippen LogP) is 0.864. The number of hydrogen-bond acceptors (Lipinski definition) is 4. The fraction of sp³-hybridized carbons (Fsp3) is 0.500. The van der Waals surface area contributed by atoms with Crippen molar-refractivity contribution in [3.05, 3.63) is 11.1 Å². The number of carbonyl (C=O) groups excluding carboxylic acids is 1. The molecule has 0 saturated heterocycles. The third-order valence-electron chi connectivity index (χ3n) is 2.18. The molecule has 70 valence electrons. The molecule has 0 bridgehead atoms. The van der Waals surface area contributed by atoms with E-state index in [1.807, 2.05) is 0 Å². The summed E-state index contributed by atoms with van der Waals surface area (Å²) in [5, 5.41) is 5.00. The highest BCUT2D eigenvalue weighted by atomic mass is 32.1. The van der Waals surface area contributed by atoms with Gasteiger partial charge in [-0.3, -0.25) is 4.79 Å². The molecule has 3 N–H and O–H groups in total. The maximum Gasteiger partial charge on any atom is 0.271 e. The van der Waals surface area contributed by atoms with Gasteiger partial charge in [-0.25, -0.2) is 4.98 Å². The fourth-order valence-electron chi connectivity index (χ4n) is 1.16. The van der Waals surface area contributed by atoms with Gasteiger partial charge in [-0.1, -0.05) is 6.92 Å². The first-order chi connectivity index (χ1) is 6.16. The number of nitrogens with two attached hydrogens (primary N) is 1. The highest BCUT2D eigenvalue weighted by molar-refractivity contribution is 7.13. The zero-order chi connectivity index (χ0) is 9.42. The van der Waals surface area contributed by atoms with Crippen LogP contribution in [0.25, 0.3) is 0 Å². The molecule has 1 aliphatic carbocycles. The van der Waals surface area contributed by atoms with Crippen molar-refractivity contribution in [1.29, 1.82) is 0 Å². The molecule has 2 unspecified atom stereocenters. The van der Waals surface area contributed by atoms with Crippen LogP contribution in [0, 0.1) is 5.92 Å². The lowest BCUT2D eigenvalue weighted by Gasteiger charge is -1.98. The van der Waals surface area contributed by atoms with E-state index in [9.17, 15) is 4.79 Å². The minimum Gasteiger partial charge on any atom is -0.375 e. The molecule has 2 atom stereocenters. The summed E-state index contributed by atoms with van der Waals surface area (Å²) < 4.78 is 0. The van der Waals surface area contributed by atoms with Gasteiger partial charge in [0.2, 0.25) is 0 Å². The molecular weight excluding hydrogens is 186 g/mol. The number of nitrogens with one attached hydrogen (secondary N) is 1. The number of carbonyl (C=O) groups is 1. The number of amides is 1. The molecule has 4 nitrogen and oxygen atoms in total. The van der Waals surface area contributed by atoms with E-state index < -0.39 is 0 Å². The normalized spacial score (nSPS) is 25.6. The lowest BCUT2D eigenvalue weighted by atomic mass is 10.4. The first-order valence-corrected chi connectivity index (χ1v) is 5.06. The van der Waals surface area contributed by atoms with Crippen molar-refractivity contribution in [3.63, 3.8) is 0 Å². The number of aromatic nitrogens is 1. The molecule has 1 amide bonds. The molecule has 0 aliphatic heterocycles. The Bertz CT molecular complexity index is 336. The van der Waals surface area contributed by atoms with Crippen molar-refractivity contribution in [2.75, 3.05) is 5.73 Å². The Morgan fingerprint density at radius 3 is 3.00 bits per heavy atom. The standard InChI is InChI=1S/C8H11N3OS/c1-4-2-5(4)10-7(12)6-3-13-8(9)11-6/h3-5H,2H2,1H3,(H2,9,11)(H,10,12). The quantitative estimate of drug-likeness (QED) is 0.739. The van der Waals surface area contributed by atoms with Crippen LogP contribution in [0.4, 0.5) is 5.13 Å². The average Bonchev–Trinajstić information content (AvgIpc) is 2.62. The van der Waals surface area contributed by atoms with Crippen LogP contribution in [-0.4, -0.2) is 16.9 Å². The second kappa shape index (κ2) is 2.99. The van der Waals surface area contributed by atoms with Crippen molar-refractivity contribution in [3.8, 4) is 0 Å². The third kappa shape index (κ3) is 1.80. The van der Waals surface area contributed by atoms with Crippen LogP contribution >= 0.6 is 11.3 Å². The van der Waals surface area contributed by atoms with Gasteiger partial charge in [0.1, 0.15) is 5.69 Å². The van der Waals surface area contributed by atoms with Gasteiger partial charge in [0.05, 0.1) is 0 Å². The van der Waals surface area contributed by atoms with Crippen LogP contribution in [0.5, 0.6) is 0 Å². The summed E-state index contributed by atoms with van der Waals surface area (Å²) in [4.78, 5) is 15.3. The Kier molecular flexibility index (Phi) is 1.95.